The first-order valence-electron chi connectivity index (χ1n) is 2.08. The molecule has 0 atom stereocenters. The minimum absolute atomic E-state index is 0.372. The fourth-order valence-electron chi connectivity index (χ4n) is 0.178. The second-order valence-electron chi connectivity index (χ2n) is 1.22. The smallest absolute Gasteiger partial charge is 0.336 e. The van der Waals surface area contributed by atoms with Crippen LogP contribution in [0.25, 0.3) is 0 Å². The van der Waals surface area contributed by atoms with Gasteiger partial charge in [-0.1, -0.05) is 0 Å². The second kappa shape index (κ2) is 3.67. The van der Waals surface area contributed by atoms with E-state index in [1.54, 1.807) is 5.48 Å². The van der Waals surface area contributed by atoms with Gasteiger partial charge in [-0.05, 0) is 0 Å². The van der Waals surface area contributed by atoms with E-state index in [1.165, 1.54) is 0 Å². The maximum Gasteiger partial charge on any atom is 0.336 e. The van der Waals surface area contributed by atoms with Crippen LogP contribution in [0.4, 0.5) is 4.79 Å². The van der Waals surface area contributed by atoms with Crippen LogP contribution in [0.3, 0.4) is 0 Å². The summed E-state index contributed by atoms with van der Waals surface area (Å²) in [6, 6.07) is -0.865. The minimum Gasteiger partial charge on any atom is -0.368 e. The number of hydroxylamine groups is 1. The summed E-state index contributed by atoms with van der Waals surface area (Å²) in [5.74, 6) is -0.677. The molecule has 0 radical (unpaired) electrons. The first-order valence-corrected chi connectivity index (χ1v) is 2.08. The van der Waals surface area contributed by atoms with Gasteiger partial charge in [0, 0.05) is 0 Å². The molecule has 0 saturated carbocycles. The van der Waals surface area contributed by atoms with Crippen molar-refractivity contribution in [2.24, 2.45) is 11.5 Å². The van der Waals surface area contributed by atoms with Crippen LogP contribution < -0.4 is 16.9 Å². The van der Waals surface area contributed by atoms with Crippen molar-refractivity contribution >= 4 is 11.9 Å². The van der Waals surface area contributed by atoms with E-state index in [2.05, 4.69) is 16.3 Å². The van der Waals surface area contributed by atoms with Gasteiger partial charge in [-0.3, -0.25) is 9.63 Å². The highest BCUT2D eigenvalue weighted by molar-refractivity contribution is 5.75. The molecule has 0 aliphatic heterocycles. The van der Waals surface area contributed by atoms with Crippen LogP contribution >= 0.6 is 0 Å². The number of urea groups is 1. The topological polar surface area (TPSA) is 107 Å². The predicted octanol–water partition coefficient (Wildman–Crippen LogP) is -1.93. The Morgan fingerprint density at radius 3 is 2.33 bits per heavy atom. The third-order valence-electron chi connectivity index (χ3n) is 0.387. The first kappa shape index (κ1) is 7.70. The van der Waals surface area contributed by atoms with E-state index in [9.17, 15) is 9.59 Å². The lowest BCUT2D eigenvalue weighted by molar-refractivity contribution is -0.124. The van der Waals surface area contributed by atoms with Gasteiger partial charge in [-0.2, -0.15) is 0 Å². The van der Waals surface area contributed by atoms with Gasteiger partial charge in [0.1, 0.15) is 0 Å². The number of rotatable bonds is 3. The van der Waals surface area contributed by atoms with Crippen LogP contribution in [0.1, 0.15) is 0 Å². The van der Waals surface area contributed by atoms with Crippen molar-refractivity contribution in [3.63, 3.8) is 0 Å². The average molecular weight is 133 g/mol. The summed E-state index contributed by atoms with van der Waals surface area (Å²) in [6.07, 6.45) is 0. The lowest BCUT2D eigenvalue weighted by Gasteiger charge is -1.97. The molecular formula is C3H7N3O3. The molecule has 0 fully saturated rings. The molecule has 0 saturated heterocycles. The first-order chi connectivity index (χ1) is 4.13. The van der Waals surface area contributed by atoms with E-state index in [4.69, 9.17) is 0 Å². The summed E-state index contributed by atoms with van der Waals surface area (Å²) in [5, 5.41) is 0. The van der Waals surface area contributed by atoms with Crippen molar-refractivity contribution < 1.29 is 14.4 Å². The van der Waals surface area contributed by atoms with E-state index in [0.717, 1.165) is 0 Å². The van der Waals surface area contributed by atoms with Crippen LogP contribution in [0, 0.1) is 0 Å². The molecule has 0 bridgehead atoms. The third kappa shape index (κ3) is 6.70. The van der Waals surface area contributed by atoms with E-state index in [0.29, 0.717) is 0 Å². The van der Waals surface area contributed by atoms with Gasteiger partial charge >= 0.3 is 6.03 Å². The Kier molecular flexibility index (Phi) is 3.14. The Bertz CT molecular complexity index is 109. The number of amides is 3. The Hall–Kier alpha value is -1.30. The molecule has 6 heteroatoms. The third-order valence-corrected chi connectivity index (χ3v) is 0.387. The van der Waals surface area contributed by atoms with Gasteiger partial charge in [0.2, 0.25) is 5.91 Å². The summed E-state index contributed by atoms with van der Waals surface area (Å²) in [4.78, 5) is 23.9. The van der Waals surface area contributed by atoms with Gasteiger partial charge in [0.05, 0.1) is 0 Å². The van der Waals surface area contributed by atoms with Gasteiger partial charge in [-0.25, -0.2) is 10.3 Å². The maximum absolute atomic E-state index is 9.89. The molecule has 3 amide bonds. The Morgan fingerprint density at radius 1 is 1.44 bits per heavy atom. The summed E-state index contributed by atoms with van der Waals surface area (Å²) >= 11 is 0. The Morgan fingerprint density at radius 2 is 2.00 bits per heavy atom. The maximum atomic E-state index is 9.89. The zero-order valence-electron chi connectivity index (χ0n) is 4.59. The van der Waals surface area contributed by atoms with Crippen molar-refractivity contribution in [3.8, 4) is 0 Å². The number of nitrogens with two attached hydrogens (primary N) is 2. The normalized spacial score (nSPS) is 8.44. The molecule has 0 spiro atoms. The molecule has 0 heterocycles. The Labute approximate surface area is 51.1 Å². The SMILES string of the molecule is NC(=O)CONC(N)=O. The molecule has 0 aliphatic carbocycles. The van der Waals surface area contributed by atoms with E-state index < -0.39 is 11.9 Å². The summed E-state index contributed by atoms with van der Waals surface area (Å²) in [5.41, 5.74) is 10.9. The number of carbonyl (C=O) groups is 2. The number of nitrogens with one attached hydrogen (secondary N) is 1. The van der Waals surface area contributed by atoms with Crippen LogP contribution in [-0.2, 0) is 9.63 Å². The molecular weight excluding hydrogens is 126 g/mol. The second-order valence-corrected chi connectivity index (χ2v) is 1.22. The molecule has 0 aromatic heterocycles. The quantitative estimate of drug-likeness (QED) is 0.390. The summed E-state index contributed by atoms with van der Waals surface area (Å²) < 4.78 is 0. The molecule has 5 N–H and O–H groups in total. The molecule has 6 nitrogen and oxygen atoms in total. The average Bonchev–Trinajstić information content (AvgIpc) is 1.63. The van der Waals surface area contributed by atoms with Gasteiger partial charge < -0.3 is 11.5 Å². The molecule has 52 valence electrons. The minimum atomic E-state index is -0.865. The van der Waals surface area contributed by atoms with E-state index in [-0.39, 0.29) is 6.61 Å². The van der Waals surface area contributed by atoms with Crippen molar-refractivity contribution in [1.82, 2.24) is 5.48 Å². The molecule has 0 aromatic carbocycles. The van der Waals surface area contributed by atoms with Crippen molar-refractivity contribution in [1.29, 1.82) is 0 Å². The summed E-state index contributed by atoms with van der Waals surface area (Å²) in [7, 11) is 0. The molecule has 9 heavy (non-hydrogen) atoms. The molecule has 0 unspecified atom stereocenters. The fourth-order valence-corrected chi connectivity index (χ4v) is 0.178. The largest absolute Gasteiger partial charge is 0.368 e. The number of hydrogen-bond acceptors (Lipinski definition) is 3. The van der Waals surface area contributed by atoms with Crippen LogP contribution in [0.15, 0.2) is 0 Å². The molecule has 0 aliphatic rings. The molecule has 0 aromatic rings. The van der Waals surface area contributed by atoms with Gasteiger partial charge in [-0.15, -0.1) is 0 Å². The monoisotopic (exact) mass is 133 g/mol. The highest BCUT2D eigenvalue weighted by Crippen LogP contribution is 1.63. The van der Waals surface area contributed by atoms with E-state index in [1.807, 2.05) is 0 Å². The Balaban J connectivity index is 3.10. The van der Waals surface area contributed by atoms with E-state index >= 15 is 0 Å². The lowest BCUT2D eigenvalue weighted by atomic mass is 10.7. The fraction of sp³-hybridized carbons (Fsp3) is 0.333. The standard InChI is InChI=1S/C3H7N3O3/c4-2(7)1-9-6-3(5)8/h1H2,(H2,4,7)(H3,5,6,8). The van der Waals surface area contributed by atoms with Crippen LogP contribution in [-0.4, -0.2) is 18.5 Å². The van der Waals surface area contributed by atoms with Crippen molar-refractivity contribution in [2.45, 2.75) is 0 Å². The number of carbonyl (C=O) groups excluding carboxylic acids is 2. The predicted molar refractivity (Wildman–Crippen MR) is 27.9 cm³/mol. The number of hydrogen-bond donors (Lipinski definition) is 3. The summed E-state index contributed by atoms with van der Waals surface area (Å²) in [6.45, 7) is -0.372. The zero-order chi connectivity index (χ0) is 7.28. The zero-order valence-corrected chi connectivity index (χ0v) is 4.59. The molecule has 0 rings (SSSR count). The van der Waals surface area contributed by atoms with Crippen LogP contribution in [0.5, 0.6) is 0 Å². The van der Waals surface area contributed by atoms with Gasteiger partial charge in [0.15, 0.2) is 6.61 Å². The highest BCUT2D eigenvalue weighted by Gasteiger charge is 1.93. The number of primary amides is 2. The lowest BCUT2D eigenvalue weighted by Crippen LogP contribution is -2.33. The van der Waals surface area contributed by atoms with Crippen molar-refractivity contribution in [3.05, 3.63) is 0 Å². The van der Waals surface area contributed by atoms with Crippen LogP contribution in [0.2, 0.25) is 0 Å². The van der Waals surface area contributed by atoms with Gasteiger partial charge in [0.25, 0.3) is 0 Å². The highest BCUT2D eigenvalue weighted by atomic mass is 16.7. The van der Waals surface area contributed by atoms with Crippen molar-refractivity contribution in [2.75, 3.05) is 6.61 Å².